The molecular weight excluding hydrogens is 268 g/mol. The minimum Gasteiger partial charge on any atom is -0.395 e. The molecule has 1 aliphatic carbocycles. The van der Waals surface area contributed by atoms with Crippen LogP contribution in [0.4, 0.5) is 10.5 Å². The van der Waals surface area contributed by atoms with Crippen LogP contribution in [0.25, 0.3) is 0 Å². The molecule has 2 rings (SSSR count). The molecule has 1 aromatic rings. The Morgan fingerprint density at radius 1 is 1.33 bits per heavy atom. The predicted molar refractivity (Wildman–Crippen MR) is 81.2 cm³/mol. The minimum absolute atomic E-state index is 0.0311. The molecule has 1 aromatic heterocycles. The third-order valence-corrected chi connectivity index (χ3v) is 3.55. The van der Waals surface area contributed by atoms with Crippen molar-refractivity contribution < 1.29 is 9.90 Å². The van der Waals surface area contributed by atoms with Gasteiger partial charge in [-0.1, -0.05) is 19.8 Å². The normalized spacial score (nSPS) is 14.0. The SMILES string of the molecule is CCCCCN(CCO)C(=O)Nc1cnc(C2CC2)nc1. The van der Waals surface area contributed by atoms with Crippen LogP contribution in [-0.4, -0.2) is 45.7 Å². The topological polar surface area (TPSA) is 78.4 Å². The number of hydrogen-bond acceptors (Lipinski definition) is 4. The van der Waals surface area contributed by atoms with Crippen molar-refractivity contribution in [3.05, 3.63) is 18.2 Å². The van der Waals surface area contributed by atoms with Gasteiger partial charge in [0.25, 0.3) is 0 Å². The summed E-state index contributed by atoms with van der Waals surface area (Å²) in [5.41, 5.74) is 0.600. The Kier molecular flexibility index (Phi) is 5.92. The maximum Gasteiger partial charge on any atom is 0.322 e. The van der Waals surface area contributed by atoms with Gasteiger partial charge in [0.2, 0.25) is 0 Å². The van der Waals surface area contributed by atoms with Crippen LogP contribution in [0.5, 0.6) is 0 Å². The van der Waals surface area contributed by atoms with Crippen molar-refractivity contribution in [1.82, 2.24) is 14.9 Å². The second-order valence-corrected chi connectivity index (χ2v) is 5.45. The van der Waals surface area contributed by atoms with Gasteiger partial charge < -0.3 is 15.3 Å². The first-order valence-electron chi connectivity index (χ1n) is 7.73. The number of aliphatic hydroxyl groups is 1. The van der Waals surface area contributed by atoms with E-state index in [1.54, 1.807) is 17.3 Å². The summed E-state index contributed by atoms with van der Waals surface area (Å²) in [6, 6.07) is -0.206. The first-order valence-corrected chi connectivity index (χ1v) is 7.73. The fourth-order valence-electron chi connectivity index (χ4n) is 2.15. The molecule has 0 bridgehead atoms. The lowest BCUT2D eigenvalue weighted by Crippen LogP contribution is -2.37. The van der Waals surface area contributed by atoms with Gasteiger partial charge in [0.05, 0.1) is 24.7 Å². The lowest BCUT2D eigenvalue weighted by atomic mass is 10.2. The molecule has 6 nitrogen and oxygen atoms in total. The minimum atomic E-state index is -0.206. The van der Waals surface area contributed by atoms with Gasteiger partial charge in [0.1, 0.15) is 5.82 Å². The molecule has 6 heteroatoms. The number of aromatic nitrogens is 2. The molecule has 0 atom stereocenters. The fraction of sp³-hybridized carbons (Fsp3) is 0.667. The summed E-state index contributed by atoms with van der Waals surface area (Å²) in [4.78, 5) is 22.4. The molecule has 0 aromatic carbocycles. The van der Waals surface area contributed by atoms with Gasteiger partial charge in [0.15, 0.2) is 0 Å². The van der Waals surface area contributed by atoms with Crippen molar-refractivity contribution in [3.8, 4) is 0 Å². The van der Waals surface area contributed by atoms with Crippen LogP contribution >= 0.6 is 0 Å². The van der Waals surface area contributed by atoms with E-state index in [1.807, 2.05) is 0 Å². The van der Waals surface area contributed by atoms with Crippen LogP contribution in [0.3, 0.4) is 0 Å². The first-order chi connectivity index (χ1) is 10.2. The third kappa shape index (κ3) is 4.97. The largest absolute Gasteiger partial charge is 0.395 e. The quantitative estimate of drug-likeness (QED) is 0.721. The maximum absolute atomic E-state index is 12.2. The van der Waals surface area contributed by atoms with Crippen LogP contribution in [0.15, 0.2) is 12.4 Å². The molecule has 1 saturated carbocycles. The number of urea groups is 1. The summed E-state index contributed by atoms with van der Waals surface area (Å²) in [6.45, 7) is 3.09. The molecule has 0 radical (unpaired) electrons. The van der Waals surface area contributed by atoms with E-state index in [9.17, 15) is 4.79 Å². The average molecular weight is 292 g/mol. The van der Waals surface area contributed by atoms with Crippen molar-refractivity contribution in [1.29, 1.82) is 0 Å². The third-order valence-electron chi connectivity index (χ3n) is 3.55. The maximum atomic E-state index is 12.2. The molecule has 21 heavy (non-hydrogen) atoms. The number of nitrogens with zero attached hydrogens (tertiary/aromatic N) is 3. The number of rotatable bonds is 8. The van der Waals surface area contributed by atoms with Crippen LogP contribution in [-0.2, 0) is 0 Å². The number of nitrogens with one attached hydrogen (secondary N) is 1. The summed E-state index contributed by atoms with van der Waals surface area (Å²) >= 11 is 0. The van der Waals surface area contributed by atoms with E-state index in [4.69, 9.17) is 5.11 Å². The van der Waals surface area contributed by atoms with Gasteiger partial charge in [-0.25, -0.2) is 14.8 Å². The number of anilines is 1. The lowest BCUT2D eigenvalue weighted by Gasteiger charge is -2.22. The number of aliphatic hydroxyl groups excluding tert-OH is 1. The van der Waals surface area contributed by atoms with Crippen molar-refractivity contribution in [2.75, 3.05) is 25.0 Å². The fourth-order valence-corrected chi connectivity index (χ4v) is 2.15. The van der Waals surface area contributed by atoms with Crippen LogP contribution in [0, 0.1) is 0 Å². The van der Waals surface area contributed by atoms with E-state index in [0.717, 1.165) is 37.9 Å². The highest BCUT2D eigenvalue weighted by Crippen LogP contribution is 2.37. The summed E-state index contributed by atoms with van der Waals surface area (Å²) in [7, 11) is 0. The predicted octanol–water partition coefficient (Wildman–Crippen LogP) is 2.37. The Bertz CT molecular complexity index is 445. The summed E-state index contributed by atoms with van der Waals surface area (Å²) < 4.78 is 0. The van der Waals surface area contributed by atoms with E-state index in [2.05, 4.69) is 22.2 Å². The Morgan fingerprint density at radius 2 is 2.05 bits per heavy atom. The van der Waals surface area contributed by atoms with E-state index in [0.29, 0.717) is 24.7 Å². The summed E-state index contributed by atoms with van der Waals surface area (Å²) in [6.07, 6.45) is 8.75. The highest BCUT2D eigenvalue weighted by Gasteiger charge is 2.26. The first kappa shape index (κ1) is 15.7. The molecule has 2 N–H and O–H groups in total. The van der Waals surface area contributed by atoms with Crippen molar-refractivity contribution in [3.63, 3.8) is 0 Å². The number of carbonyl (C=O) groups is 1. The van der Waals surface area contributed by atoms with Gasteiger partial charge in [0, 0.05) is 19.0 Å². The van der Waals surface area contributed by atoms with Gasteiger partial charge in [-0.2, -0.15) is 0 Å². The van der Waals surface area contributed by atoms with Crippen LogP contribution < -0.4 is 5.32 Å². The van der Waals surface area contributed by atoms with Crippen LogP contribution in [0.2, 0.25) is 0 Å². The van der Waals surface area contributed by atoms with Gasteiger partial charge in [-0.3, -0.25) is 0 Å². The zero-order chi connectivity index (χ0) is 15.1. The van der Waals surface area contributed by atoms with E-state index in [1.165, 1.54) is 0 Å². The number of unbranched alkanes of at least 4 members (excludes halogenated alkanes) is 2. The van der Waals surface area contributed by atoms with Gasteiger partial charge in [-0.15, -0.1) is 0 Å². The molecule has 0 saturated heterocycles. The molecule has 0 spiro atoms. The molecular formula is C15H24N4O2. The molecule has 1 aliphatic rings. The van der Waals surface area contributed by atoms with Crippen LogP contribution in [0.1, 0.15) is 50.8 Å². The Balaban J connectivity index is 1.86. The zero-order valence-corrected chi connectivity index (χ0v) is 12.6. The molecule has 2 amide bonds. The number of hydrogen-bond donors (Lipinski definition) is 2. The Morgan fingerprint density at radius 3 is 2.62 bits per heavy atom. The van der Waals surface area contributed by atoms with Gasteiger partial charge >= 0.3 is 6.03 Å². The highest BCUT2D eigenvalue weighted by atomic mass is 16.3. The smallest absolute Gasteiger partial charge is 0.322 e. The van der Waals surface area contributed by atoms with Crippen molar-refractivity contribution in [2.45, 2.75) is 44.9 Å². The molecule has 0 aliphatic heterocycles. The van der Waals surface area contributed by atoms with Crippen molar-refractivity contribution in [2.24, 2.45) is 0 Å². The molecule has 1 heterocycles. The van der Waals surface area contributed by atoms with E-state index >= 15 is 0 Å². The molecule has 116 valence electrons. The highest BCUT2D eigenvalue weighted by molar-refractivity contribution is 5.88. The molecule has 1 fully saturated rings. The second kappa shape index (κ2) is 7.93. The zero-order valence-electron chi connectivity index (χ0n) is 12.6. The number of amides is 2. The monoisotopic (exact) mass is 292 g/mol. The Labute approximate surface area is 125 Å². The second-order valence-electron chi connectivity index (χ2n) is 5.45. The summed E-state index contributed by atoms with van der Waals surface area (Å²) in [5.74, 6) is 1.37. The lowest BCUT2D eigenvalue weighted by molar-refractivity contribution is 0.187. The number of carbonyl (C=O) groups excluding carboxylic acids is 1. The van der Waals surface area contributed by atoms with E-state index in [-0.39, 0.29) is 12.6 Å². The van der Waals surface area contributed by atoms with Gasteiger partial charge in [-0.05, 0) is 19.3 Å². The van der Waals surface area contributed by atoms with E-state index < -0.39 is 0 Å². The summed E-state index contributed by atoms with van der Waals surface area (Å²) in [5, 5.41) is 11.9. The standard InChI is InChI=1S/C15H24N4O2/c1-2-3-4-7-19(8-9-20)15(21)18-13-10-16-14(17-11-13)12-5-6-12/h10-12,20H,2-9H2,1H3,(H,18,21). The average Bonchev–Trinajstić information content (AvgIpc) is 3.32. The van der Waals surface area contributed by atoms with Crippen molar-refractivity contribution >= 4 is 11.7 Å². The molecule has 0 unspecified atom stereocenters. The Hall–Kier alpha value is -1.69.